The molecule has 1 fully saturated rings. The number of carbonyl (C=O) groups is 1. The Morgan fingerprint density at radius 2 is 2.08 bits per heavy atom. The van der Waals surface area contributed by atoms with Gasteiger partial charge in [0.15, 0.2) is 5.96 Å². The summed E-state index contributed by atoms with van der Waals surface area (Å²) in [6.45, 7) is 7.29. The summed E-state index contributed by atoms with van der Waals surface area (Å²) in [5, 5.41) is 4.06. The number of guanidine groups is 1. The molecule has 0 aliphatic carbocycles. The van der Waals surface area contributed by atoms with E-state index >= 15 is 0 Å². The van der Waals surface area contributed by atoms with Crippen LogP contribution < -0.4 is 11.1 Å². The molecule has 5 nitrogen and oxygen atoms in total. The summed E-state index contributed by atoms with van der Waals surface area (Å²) in [6.07, 6.45) is 0. The van der Waals surface area contributed by atoms with Crippen LogP contribution in [0.3, 0.4) is 0 Å². The van der Waals surface area contributed by atoms with E-state index in [9.17, 15) is 4.79 Å². The van der Waals surface area contributed by atoms with Gasteiger partial charge in [0.1, 0.15) is 0 Å². The van der Waals surface area contributed by atoms with Gasteiger partial charge in [-0.2, -0.15) is 11.8 Å². The van der Waals surface area contributed by atoms with Crippen LogP contribution in [0.1, 0.15) is 29.8 Å². The third-order valence-corrected chi connectivity index (χ3v) is 5.58. The summed E-state index contributed by atoms with van der Waals surface area (Å²) < 4.78 is 0. The van der Waals surface area contributed by atoms with Crippen molar-refractivity contribution in [1.29, 1.82) is 0 Å². The fourth-order valence-corrected chi connectivity index (χ4v) is 3.87. The maximum atomic E-state index is 11.1. The highest BCUT2D eigenvalue weighted by Crippen LogP contribution is 2.24. The van der Waals surface area contributed by atoms with Crippen LogP contribution in [0.5, 0.6) is 0 Å². The van der Waals surface area contributed by atoms with Gasteiger partial charge < -0.3 is 16.0 Å². The molecule has 0 radical (unpaired) electrons. The Morgan fingerprint density at radius 1 is 1.42 bits per heavy atom. The van der Waals surface area contributed by atoms with Gasteiger partial charge >= 0.3 is 0 Å². The van der Waals surface area contributed by atoms with Crippen molar-refractivity contribution in [3.63, 3.8) is 0 Å². The quantitative estimate of drug-likeness (QED) is 0.410. The first-order valence-electron chi connectivity index (χ1n) is 7.97. The van der Waals surface area contributed by atoms with Crippen molar-refractivity contribution in [3.8, 4) is 0 Å². The molecule has 1 aliphatic heterocycles. The molecule has 7 heteroatoms. The number of nitrogens with two attached hydrogens (primary N) is 1. The van der Waals surface area contributed by atoms with Crippen LogP contribution in [0.4, 0.5) is 0 Å². The lowest BCUT2D eigenvalue weighted by atomic mass is 10.1. The van der Waals surface area contributed by atoms with Gasteiger partial charge in [0.25, 0.3) is 0 Å². The predicted molar refractivity (Wildman–Crippen MR) is 113 cm³/mol. The zero-order valence-corrected chi connectivity index (χ0v) is 17.6. The van der Waals surface area contributed by atoms with Crippen molar-refractivity contribution in [3.05, 3.63) is 35.4 Å². The second kappa shape index (κ2) is 10.1. The van der Waals surface area contributed by atoms with E-state index in [0.29, 0.717) is 23.3 Å². The van der Waals surface area contributed by atoms with Crippen molar-refractivity contribution in [1.82, 2.24) is 10.2 Å². The number of hydrogen-bond donors (Lipinski definition) is 2. The van der Waals surface area contributed by atoms with E-state index in [1.807, 2.05) is 19.2 Å². The van der Waals surface area contributed by atoms with E-state index in [4.69, 9.17) is 5.73 Å². The SMILES string of the molecule is CN=C(NCc1ccc(C(N)=O)cc1)N1CCSC(C(C)C)C1.I. The summed E-state index contributed by atoms with van der Waals surface area (Å²) in [5.74, 6) is 2.35. The van der Waals surface area contributed by atoms with Crippen molar-refractivity contribution in [2.24, 2.45) is 16.6 Å². The van der Waals surface area contributed by atoms with Crippen LogP contribution in [0.15, 0.2) is 29.3 Å². The van der Waals surface area contributed by atoms with Gasteiger partial charge in [0.2, 0.25) is 5.91 Å². The molecular formula is C17H27IN4OS. The molecule has 1 aromatic carbocycles. The van der Waals surface area contributed by atoms with Crippen LogP contribution in [0.25, 0.3) is 0 Å². The van der Waals surface area contributed by atoms with E-state index < -0.39 is 5.91 Å². The average Bonchev–Trinajstić information content (AvgIpc) is 2.56. The summed E-state index contributed by atoms with van der Waals surface area (Å²) in [6, 6.07) is 7.36. The van der Waals surface area contributed by atoms with Crippen LogP contribution in [-0.2, 0) is 6.54 Å². The zero-order chi connectivity index (χ0) is 16.8. The summed E-state index contributed by atoms with van der Waals surface area (Å²) in [5.41, 5.74) is 6.89. The van der Waals surface area contributed by atoms with Gasteiger partial charge in [-0.3, -0.25) is 9.79 Å². The lowest BCUT2D eigenvalue weighted by Crippen LogP contribution is -2.48. The Kier molecular flexibility index (Phi) is 8.90. The van der Waals surface area contributed by atoms with E-state index in [0.717, 1.165) is 30.4 Å². The number of nitrogens with one attached hydrogen (secondary N) is 1. The number of amides is 1. The third kappa shape index (κ3) is 5.84. The molecule has 0 spiro atoms. The smallest absolute Gasteiger partial charge is 0.248 e. The Balaban J connectivity index is 0.00000288. The summed E-state index contributed by atoms with van der Waals surface area (Å²) >= 11 is 2.05. The molecule has 1 heterocycles. The first-order valence-corrected chi connectivity index (χ1v) is 9.02. The number of hydrogen-bond acceptors (Lipinski definition) is 3. The number of rotatable bonds is 4. The molecule has 1 saturated heterocycles. The Bertz CT molecular complexity index is 562. The average molecular weight is 462 g/mol. The van der Waals surface area contributed by atoms with Gasteiger partial charge in [-0.05, 0) is 23.6 Å². The van der Waals surface area contributed by atoms with E-state index in [1.54, 1.807) is 12.1 Å². The fourth-order valence-electron chi connectivity index (χ4n) is 2.57. The minimum absolute atomic E-state index is 0. The van der Waals surface area contributed by atoms with Crippen LogP contribution >= 0.6 is 35.7 Å². The van der Waals surface area contributed by atoms with Crippen LogP contribution in [-0.4, -0.2) is 47.9 Å². The summed E-state index contributed by atoms with van der Waals surface area (Å²) in [4.78, 5) is 17.8. The normalized spacial score (nSPS) is 18.2. The molecule has 1 aromatic rings. The number of primary amides is 1. The standard InChI is InChI=1S/C17H26N4OS.HI/c1-12(2)15-11-21(8-9-23-15)17(19-3)20-10-13-4-6-14(7-5-13)16(18)22;/h4-7,12,15H,8-11H2,1-3H3,(H2,18,22)(H,19,20);1H. The van der Waals surface area contributed by atoms with E-state index in [1.165, 1.54) is 0 Å². The molecule has 134 valence electrons. The predicted octanol–water partition coefficient (Wildman–Crippen LogP) is 2.55. The second-order valence-electron chi connectivity index (χ2n) is 6.06. The second-order valence-corrected chi connectivity index (χ2v) is 7.41. The molecule has 24 heavy (non-hydrogen) atoms. The lowest BCUT2D eigenvalue weighted by Gasteiger charge is -2.36. The van der Waals surface area contributed by atoms with Gasteiger partial charge in [0, 0.05) is 43.2 Å². The van der Waals surface area contributed by atoms with Crippen LogP contribution in [0, 0.1) is 5.92 Å². The van der Waals surface area contributed by atoms with Gasteiger partial charge in [-0.25, -0.2) is 0 Å². The van der Waals surface area contributed by atoms with Gasteiger partial charge in [-0.15, -0.1) is 24.0 Å². The number of benzene rings is 1. The monoisotopic (exact) mass is 462 g/mol. The minimum Gasteiger partial charge on any atom is -0.366 e. The fraction of sp³-hybridized carbons (Fsp3) is 0.529. The van der Waals surface area contributed by atoms with Crippen LogP contribution in [0.2, 0.25) is 0 Å². The molecule has 1 amide bonds. The molecule has 2 rings (SSSR count). The van der Waals surface area contributed by atoms with Gasteiger partial charge in [-0.1, -0.05) is 26.0 Å². The highest BCUT2D eigenvalue weighted by molar-refractivity contribution is 14.0. The third-order valence-electron chi connectivity index (χ3n) is 4.04. The molecule has 0 saturated carbocycles. The highest BCUT2D eigenvalue weighted by atomic mass is 127. The first-order chi connectivity index (χ1) is 11.0. The zero-order valence-electron chi connectivity index (χ0n) is 14.5. The Labute approximate surface area is 165 Å². The largest absolute Gasteiger partial charge is 0.366 e. The van der Waals surface area contributed by atoms with E-state index in [-0.39, 0.29) is 24.0 Å². The maximum Gasteiger partial charge on any atom is 0.248 e. The molecule has 0 aromatic heterocycles. The molecule has 3 N–H and O–H groups in total. The Hall–Kier alpha value is -0.960. The topological polar surface area (TPSA) is 70.7 Å². The number of carbonyl (C=O) groups excluding carboxylic acids is 1. The van der Waals surface area contributed by atoms with Crippen molar-refractivity contribution < 1.29 is 4.79 Å². The van der Waals surface area contributed by atoms with E-state index in [2.05, 4.69) is 40.8 Å². The number of nitrogens with zero attached hydrogens (tertiary/aromatic N) is 2. The highest BCUT2D eigenvalue weighted by Gasteiger charge is 2.24. The number of aliphatic imine (C=N–C) groups is 1. The maximum absolute atomic E-state index is 11.1. The van der Waals surface area contributed by atoms with Crippen molar-refractivity contribution in [2.45, 2.75) is 25.6 Å². The minimum atomic E-state index is -0.397. The molecule has 1 atom stereocenters. The molecular weight excluding hydrogens is 435 g/mol. The molecule has 1 unspecified atom stereocenters. The van der Waals surface area contributed by atoms with Gasteiger partial charge in [0.05, 0.1) is 0 Å². The van der Waals surface area contributed by atoms with Crippen molar-refractivity contribution in [2.75, 3.05) is 25.9 Å². The number of thioether (sulfide) groups is 1. The molecule has 0 bridgehead atoms. The molecule has 1 aliphatic rings. The first kappa shape index (κ1) is 21.1. The summed E-state index contributed by atoms with van der Waals surface area (Å²) in [7, 11) is 1.82. The Morgan fingerprint density at radius 3 is 2.62 bits per heavy atom. The lowest BCUT2D eigenvalue weighted by molar-refractivity contribution is 0.100. The van der Waals surface area contributed by atoms with Crippen molar-refractivity contribution >= 4 is 47.6 Å². The number of halogens is 1.